The standard InChI is InChI=1S/C15H13IO2S/c16-13-8-4-5-9-14(13)18-15(19)17-11-10-12-6-2-1-3-7-12/h1-9H,10-11H2. The van der Waals surface area contributed by atoms with Crippen LogP contribution in [0.15, 0.2) is 54.6 Å². The summed E-state index contributed by atoms with van der Waals surface area (Å²) < 4.78 is 11.9. The van der Waals surface area contributed by atoms with Crippen molar-refractivity contribution in [3.05, 3.63) is 63.7 Å². The predicted octanol–water partition coefficient (Wildman–Crippen LogP) is 4.21. The molecule has 0 fully saturated rings. The zero-order chi connectivity index (χ0) is 13.5. The van der Waals surface area contributed by atoms with Gasteiger partial charge in [0.15, 0.2) is 0 Å². The van der Waals surface area contributed by atoms with E-state index in [2.05, 4.69) is 34.7 Å². The predicted molar refractivity (Wildman–Crippen MR) is 88.5 cm³/mol. The first-order valence-electron chi connectivity index (χ1n) is 5.89. The van der Waals surface area contributed by atoms with E-state index in [0.29, 0.717) is 6.61 Å². The van der Waals surface area contributed by atoms with Gasteiger partial charge in [-0.25, -0.2) is 0 Å². The SMILES string of the molecule is S=C(OCCc1ccccc1)Oc1ccccc1I. The maximum atomic E-state index is 5.48. The normalized spacial score (nSPS) is 9.95. The Kier molecular flexibility index (Phi) is 5.60. The van der Waals surface area contributed by atoms with E-state index in [1.54, 1.807) is 0 Å². The Morgan fingerprint density at radius 3 is 2.42 bits per heavy atom. The molecule has 4 heteroatoms. The number of hydrogen-bond donors (Lipinski definition) is 0. The van der Waals surface area contributed by atoms with Crippen LogP contribution in [-0.4, -0.2) is 11.8 Å². The molecule has 0 heterocycles. The smallest absolute Gasteiger partial charge is 0.357 e. The lowest BCUT2D eigenvalue weighted by Gasteiger charge is -2.09. The molecule has 19 heavy (non-hydrogen) atoms. The van der Waals surface area contributed by atoms with Crippen LogP contribution in [0.1, 0.15) is 5.56 Å². The fourth-order valence-electron chi connectivity index (χ4n) is 1.54. The molecule has 0 bridgehead atoms. The number of thiocarbonyl (C=S) groups is 1. The number of hydrogen-bond acceptors (Lipinski definition) is 3. The summed E-state index contributed by atoms with van der Waals surface area (Å²) in [5, 5.41) is 0.167. The first kappa shape index (κ1) is 14.3. The fourth-order valence-corrected chi connectivity index (χ4v) is 2.21. The highest BCUT2D eigenvalue weighted by Crippen LogP contribution is 2.20. The highest BCUT2D eigenvalue weighted by atomic mass is 127. The van der Waals surface area contributed by atoms with Crippen molar-refractivity contribution < 1.29 is 9.47 Å². The van der Waals surface area contributed by atoms with Gasteiger partial charge in [0.25, 0.3) is 0 Å². The van der Waals surface area contributed by atoms with Gasteiger partial charge in [0, 0.05) is 18.6 Å². The quantitative estimate of drug-likeness (QED) is 0.581. The van der Waals surface area contributed by atoms with Gasteiger partial charge in [-0.05, 0) is 40.3 Å². The molecule has 0 unspecified atom stereocenters. The number of benzene rings is 2. The van der Waals surface area contributed by atoms with E-state index in [9.17, 15) is 0 Å². The van der Waals surface area contributed by atoms with Crippen molar-refractivity contribution in [1.29, 1.82) is 0 Å². The molecule has 0 aliphatic heterocycles. The molecule has 98 valence electrons. The zero-order valence-corrected chi connectivity index (χ0v) is 13.2. The third-order valence-corrected chi connectivity index (χ3v) is 3.58. The van der Waals surface area contributed by atoms with Gasteiger partial charge in [-0.1, -0.05) is 42.5 Å². The van der Waals surface area contributed by atoms with Crippen LogP contribution in [-0.2, 0) is 11.2 Å². The Labute approximate surface area is 131 Å². The summed E-state index contributed by atoms with van der Waals surface area (Å²) in [6.07, 6.45) is 0.816. The van der Waals surface area contributed by atoms with Crippen LogP contribution in [0, 0.1) is 3.57 Å². The third kappa shape index (κ3) is 4.80. The van der Waals surface area contributed by atoms with Crippen molar-refractivity contribution in [2.75, 3.05) is 6.61 Å². The van der Waals surface area contributed by atoms with Gasteiger partial charge in [0.2, 0.25) is 0 Å². The fraction of sp³-hybridized carbons (Fsp3) is 0.133. The third-order valence-electron chi connectivity index (χ3n) is 2.48. The maximum Gasteiger partial charge on any atom is 0.357 e. The summed E-state index contributed by atoms with van der Waals surface area (Å²) in [6, 6.07) is 17.8. The molecular weight excluding hydrogens is 371 g/mol. The molecule has 0 amide bonds. The molecule has 0 aliphatic rings. The molecule has 0 aliphatic carbocycles. The molecule has 0 saturated heterocycles. The van der Waals surface area contributed by atoms with Crippen LogP contribution in [0.25, 0.3) is 0 Å². The van der Waals surface area contributed by atoms with E-state index in [-0.39, 0.29) is 5.24 Å². The van der Waals surface area contributed by atoms with Crippen LogP contribution in [0.5, 0.6) is 5.75 Å². The van der Waals surface area contributed by atoms with Crippen molar-refractivity contribution in [3.8, 4) is 5.75 Å². The summed E-state index contributed by atoms with van der Waals surface area (Å²) >= 11 is 7.26. The highest BCUT2D eigenvalue weighted by molar-refractivity contribution is 14.1. The second kappa shape index (κ2) is 7.45. The van der Waals surface area contributed by atoms with Gasteiger partial charge in [0.1, 0.15) is 5.75 Å². The minimum absolute atomic E-state index is 0.167. The van der Waals surface area contributed by atoms with Crippen LogP contribution < -0.4 is 4.74 Å². The Bertz CT molecular complexity index is 543. The van der Waals surface area contributed by atoms with Crippen LogP contribution in [0.2, 0.25) is 0 Å². The number of halogens is 1. The Morgan fingerprint density at radius 1 is 1.00 bits per heavy atom. The van der Waals surface area contributed by atoms with E-state index in [1.807, 2.05) is 42.5 Å². The minimum atomic E-state index is 0.167. The van der Waals surface area contributed by atoms with Gasteiger partial charge >= 0.3 is 5.24 Å². The van der Waals surface area contributed by atoms with Gasteiger partial charge in [-0.15, -0.1) is 0 Å². The molecule has 2 aromatic carbocycles. The van der Waals surface area contributed by atoms with Gasteiger partial charge in [0.05, 0.1) is 10.2 Å². The van der Waals surface area contributed by atoms with Crippen molar-refractivity contribution in [2.24, 2.45) is 0 Å². The maximum absolute atomic E-state index is 5.48. The molecule has 0 radical (unpaired) electrons. The molecule has 2 rings (SSSR count). The molecule has 0 N–H and O–H groups in total. The largest absolute Gasteiger partial charge is 0.456 e. The summed E-state index contributed by atoms with van der Waals surface area (Å²) in [5.74, 6) is 0.729. The van der Waals surface area contributed by atoms with Crippen molar-refractivity contribution in [1.82, 2.24) is 0 Å². The first-order chi connectivity index (χ1) is 9.25. The molecular formula is C15H13IO2S. The molecule has 2 aromatic rings. The monoisotopic (exact) mass is 384 g/mol. The van der Waals surface area contributed by atoms with Crippen LogP contribution >= 0.6 is 34.8 Å². The highest BCUT2D eigenvalue weighted by Gasteiger charge is 2.04. The van der Waals surface area contributed by atoms with Gasteiger partial charge in [-0.3, -0.25) is 0 Å². The lowest BCUT2D eigenvalue weighted by molar-refractivity contribution is 0.251. The second-order valence-electron chi connectivity index (χ2n) is 3.87. The Morgan fingerprint density at radius 2 is 1.68 bits per heavy atom. The molecule has 0 spiro atoms. The summed E-state index contributed by atoms with van der Waals surface area (Å²) in [5.41, 5.74) is 1.22. The van der Waals surface area contributed by atoms with Gasteiger partial charge in [-0.2, -0.15) is 0 Å². The van der Waals surface area contributed by atoms with Gasteiger partial charge < -0.3 is 9.47 Å². The van der Waals surface area contributed by atoms with E-state index in [0.717, 1.165) is 15.7 Å². The molecule has 0 aromatic heterocycles. The second-order valence-corrected chi connectivity index (χ2v) is 5.36. The summed E-state index contributed by atoms with van der Waals surface area (Å²) in [6.45, 7) is 0.520. The zero-order valence-electron chi connectivity index (χ0n) is 10.2. The molecule has 0 atom stereocenters. The number of ether oxygens (including phenoxy) is 2. The average molecular weight is 384 g/mol. The van der Waals surface area contributed by atoms with Crippen LogP contribution in [0.3, 0.4) is 0 Å². The van der Waals surface area contributed by atoms with E-state index in [4.69, 9.17) is 21.7 Å². The Hall–Kier alpha value is -1.14. The average Bonchev–Trinajstić information content (AvgIpc) is 2.43. The Balaban J connectivity index is 1.78. The lowest BCUT2D eigenvalue weighted by atomic mass is 10.2. The van der Waals surface area contributed by atoms with Crippen molar-refractivity contribution in [2.45, 2.75) is 6.42 Å². The van der Waals surface area contributed by atoms with Crippen molar-refractivity contribution >= 4 is 40.0 Å². The number of para-hydroxylation sites is 1. The van der Waals surface area contributed by atoms with E-state index < -0.39 is 0 Å². The first-order valence-corrected chi connectivity index (χ1v) is 7.37. The van der Waals surface area contributed by atoms with Crippen LogP contribution in [0.4, 0.5) is 0 Å². The van der Waals surface area contributed by atoms with Crippen molar-refractivity contribution in [3.63, 3.8) is 0 Å². The molecule has 2 nitrogen and oxygen atoms in total. The summed E-state index contributed by atoms with van der Waals surface area (Å²) in [4.78, 5) is 0. The van der Waals surface area contributed by atoms with E-state index in [1.165, 1.54) is 5.56 Å². The summed E-state index contributed by atoms with van der Waals surface area (Å²) in [7, 11) is 0. The van der Waals surface area contributed by atoms with E-state index >= 15 is 0 Å². The molecule has 0 saturated carbocycles. The topological polar surface area (TPSA) is 18.5 Å². The lowest BCUT2D eigenvalue weighted by Crippen LogP contribution is -2.12. The number of rotatable bonds is 4. The minimum Gasteiger partial charge on any atom is -0.456 e.